The predicted octanol–water partition coefficient (Wildman–Crippen LogP) is 7.00. The molecule has 0 spiro atoms. The van der Waals surface area contributed by atoms with Crippen molar-refractivity contribution in [2.75, 3.05) is 0 Å². The third-order valence-corrected chi connectivity index (χ3v) is 5.39. The van der Waals surface area contributed by atoms with Crippen LogP contribution in [0.1, 0.15) is 43.0 Å². The normalized spacial score (nSPS) is 11.6. The van der Waals surface area contributed by atoms with Crippen molar-refractivity contribution in [2.24, 2.45) is 10.2 Å². The number of unbranched alkanes of at least 4 members (excludes halogenated alkanes) is 3. The molecule has 1 amide bonds. The van der Waals surface area contributed by atoms with E-state index in [1.807, 2.05) is 65.2 Å². The van der Waals surface area contributed by atoms with Gasteiger partial charge in [0.15, 0.2) is 5.69 Å². The average Bonchev–Trinajstić information content (AvgIpc) is 3.05. The smallest absolute Gasteiger partial charge is 0.295 e. The van der Waals surface area contributed by atoms with E-state index in [9.17, 15) is 9.90 Å². The molecule has 0 fully saturated rings. The van der Waals surface area contributed by atoms with E-state index >= 15 is 0 Å². The van der Waals surface area contributed by atoms with E-state index in [1.54, 1.807) is 6.07 Å². The van der Waals surface area contributed by atoms with Crippen LogP contribution < -0.4 is 0 Å². The molecule has 0 bridgehead atoms. The first kappa shape index (κ1) is 19.8. The van der Waals surface area contributed by atoms with Gasteiger partial charge in [0, 0.05) is 17.5 Å². The number of rotatable bonds is 7. The van der Waals surface area contributed by atoms with E-state index in [-0.39, 0.29) is 5.88 Å². The van der Waals surface area contributed by atoms with Gasteiger partial charge in [0.2, 0.25) is 5.88 Å². The number of aromatic hydroxyl groups is 1. The van der Waals surface area contributed by atoms with Gasteiger partial charge < -0.3 is 9.67 Å². The predicted molar refractivity (Wildman–Crippen MR) is 121 cm³/mol. The highest BCUT2D eigenvalue weighted by atomic mass is 16.3. The molecule has 1 aromatic heterocycles. The summed E-state index contributed by atoms with van der Waals surface area (Å²) in [6.45, 7) is 2.88. The molecule has 1 heterocycles. The van der Waals surface area contributed by atoms with Crippen LogP contribution in [0.2, 0.25) is 0 Å². The van der Waals surface area contributed by atoms with Gasteiger partial charge in [-0.25, -0.2) is 0 Å². The van der Waals surface area contributed by atoms with Crippen LogP contribution in [0.5, 0.6) is 5.88 Å². The molecule has 5 heteroatoms. The molecule has 0 saturated heterocycles. The van der Waals surface area contributed by atoms with Crippen LogP contribution in [0.4, 0.5) is 5.69 Å². The minimum Gasteiger partial charge on any atom is -0.493 e. The summed E-state index contributed by atoms with van der Waals surface area (Å²) in [5.74, 6) is -0.373. The highest BCUT2D eigenvalue weighted by Crippen LogP contribution is 2.39. The number of nitrogens with zero attached hydrogens (tertiary/aromatic N) is 3. The van der Waals surface area contributed by atoms with E-state index in [0.717, 1.165) is 40.9 Å². The van der Waals surface area contributed by atoms with Gasteiger partial charge in [0.1, 0.15) is 0 Å². The monoisotopic (exact) mass is 399 g/mol. The highest BCUT2D eigenvalue weighted by Gasteiger charge is 2.16. The van der Waals surface area contributed by atoms with Gasteiger partial charge in [-0.1, -0.05) is 74.7 Å². The Kier molecular flexibility index (Phi) is 5.89. The molecule has 0 atom stereocenters. The largest absolute Gasteiger partial charge is 0.493 e. The summed E-state index contributed by atoms with van der Waals surface area (Å²) >= 11 is 0. The van der Waals surface area contributed by atoms with E-state index in [2.05, 4.69) is 17.2 Å². The first-order valence-corrected chi connectivity index (χ1v) is 10.4. The van der Waals surface area contributed by atoms with Crippen LogP contribution in [-0.4, -0.2) is 15.6 Å². The minimum absolute atomic E-state index is 0.0581. The topological polar surface area (TPSA) is 66.9 Å². The minimum atomic E-state index is -0.431. The molecule has 0 radical (unpaired) electrons. The van der Waals surface area contributed by atoms with Crippen LogP contribution in [0.25, 0.3) is 21.7 Å². The lowest BCUT2D eigenvalue weighted by atomic mass is 10.1. The standard InChI is InChI=1S/C25H25N3O2/c1-2-3-4-9-16-28-22-13-8-7-12-21(22)23(25(28)30)26-27-24(29)20-15-14-18-10-5-6-11-19(18)17-20/h5-8,10-15,17,30H,2-4,9,16H2,1H3. The van der Waals surface area contributed by atoms with Crippen molar-refractivity contribution in [3.63, 3.8) is 0 Å². The first-order chi connectivity index (χ1) is 14.7. The maximum absolute atomic E-state index is 12.6. The lowest BCUT2D eigenvalue weighted by Gasteiger charge is -2.06. The number of fused-ring (bicyclic) bond motifs is 2. The number of para-hydroxylation sites is 1. The van der Waals surface area contributed by atoms with E-state index < -0.39 is 5.91 Å². The van der Waals surface area contributed by atoms with Crippen LogP contribution >= 0.6 is 0 Å². The number of hydrogen-bond acceptors (Lipinski definition) is 3. The summed E-state index contributed by atoms with van der Waals surface area (Å²) in [6, 6.07) is 21.0. The molecule has 152 valence electrons. The van der Waals surface area contributed by atoms with E-state index in [0.29, 0.717) is 17.8 Å². The second kappa shape index (κ2) is 8.91. The zero-order valence-electron chi connectivity index (χ0n) is 17.1. The van der Waals surface area contributed by atoms with Gasteiger partial charge >= 0.3 is 0 Å². The van der Waals surface area contributed by atoms with E-state index in [1.165, 1.54) is 6.42 Å². The van der Waals surface area contributed by atoms with Crippen LogP contribution in [0.3, 0.4) is 0 Å². The van der Waals surface area contributed by atoms with Gasteiger partial charge in [-0.3, -0.25) is 4.79 Å². The van der Waals surface area contributed by atoms with Crippen LogP contribution in [0.15, 0.2) is 77.0 Å². The zero-order chi connectivity index (χ0) is 20.9. The molecule has 0 saturated carbocycles. The number of benzene rings is 3. The molecule has 0 aliphatic carbocycles. The number of carbonyl (C=O) groups is 1. The van der Waals surface area contributed by atoms with Crippen molar-refractivity contribution in [3.8, 4) is 5.88 Å². The quantitative estimate of drug-likeness (QED) is 0.268. The van der Waals surface area contributed by atoms with Gasteiger partial charge in [-0.05, 0) is 35.4 Å². The Bertz CT molecular complexity index is 1220. The van der Waals surface area contributed by atoms with Crippen molar-refractivity contribution in [3.05, 3.63) is 72.3 Å². The molecule has 0 aliphatic heterocycles. The maximum Gasteiger partial charge on any atom is 0.295 e. The van der Waals surface area contributed by atoms with Gasteiger partial charge in [-0.15, -0.1) is 10.2 Å². The number of aromatic nitrogens is 1. The molecule has 0 unspecified atom stereocenters. The molecule has 1 N–H and O–H groups in total. The third kappa shape index (κ3) is 3.96. The second-order valence-electron chi connectivity index (χ2n) is 7.47. The lowest BCUT2D eigenvalue weighted by molar-refractivity contribution is 0.0995. The molecular weight excluding hydrogens is 374 g/mol. The summed E-state index contributed by atoms with van der Waals surface area (Å²) in [5, 5.41) is 21.7. The fourth-order valence-corrected chi connectivity index (χ4v) is 3.77. The zero-order valence-corrected chi connectivity index (χ0v) is 17.1. The number of hydrogen-bond donors (Lipinski definition) is 1. The fourth-order valence-electron chi connectivity index (χ4n) is 3.77. The molecule has 30 heavy (non-hydrogen) atoms. The Morgan fingerprint density at radius 1 is 0.933 bits per heavy atom. The molecule has 4 aromatic rings. The molecule has 0 aliphatic rings. The number of azo groups is 1. The van der Waals surface area contributed by atoms with Crippen molar-refractivity contribution >= 4 is 33.3 Å². The third-order valence-electron chi connectivity index (χ3n) is 5.39. The highest BCUT2D eigenvalue weighted by molar-refractivity contribution is 6.00. The number of amides is 1. The van der Waals surface area contributed by atoms with Gasteiger partial charge in [0.05, 0.1) is 5.52 Å². The summed E-state index contributed by atoms with van der Waals surface area (Å²) < 4.78 is 1.86. The Balaban J connectivity index is 1.62. The Morgan fingerprint density at radius 2 is 1.70 bits per heavy atom. The molecular formula is C25H25N3O2. The lowest BCUT2D eigenvalue weighted by Crippen LogP contribution is -1.97. The van der Waals surface area contributed by atoms with Crippen LogP contribution in [0, 0.1) is 0 Å². The average molecular weight is 399 g/mol. The Hall–Kier alpha value is -3.47. The fraction of sp³-hybridized carbons (Fsp3) is 0.240. The summed E-state index contributed by atoms with van der Waals surface area (Å²) in [7, 11) is 0. The van der Waals surface area contributed by atoms with Crippen molar-refractivity contribution in [1.29, 1.82) is 0 Å². The van der Waals surface area contributed by atoms with Crippen LogP contribution in [-0.2, 0) is 6.54 Å². The first-order valence-electron chi connectivity index (χ1n) is 10.4. The summed E-state index contributed by atoms with van der Waals surface area (Å²) in [6.07, 6.45) is 4.42. The summed E-state index contributed by atoms with van der Waals surface area (Å²) in [4.78, 5) is 12.6. The molecule has 4 rings (SSSR count). The Morgan fingerprint density at radius 3 is 2.53 bits per heavy atom. The molecule has 3 aromatic carbocycles. The van der Waals surface area contributed by atoms with Crippen molar-refractivity contribution in [2.45, 2.75) is 39.2 Å². The number of carbonyl (C=O) groups excluding carboxylic acids is 1. The molecule has 5 nitrogen and oxygen atoms in total. The van der Waals surface area contributed by atoms with Gasteiger partial charge in [0.25, 0.3) is 5.91 Å². The van der Waals surface area contributed by atoms with Crippen molar-refractivity contribution in [1.82, 2.24) is 4.57 Å². The van der Waals surface area contributed by atoms with Crippen molar-refractivity contribution < 1.29 is 9.90 Å². The summed E-state index contributed by atoms with van der Waals surface area (Å²) in [5.41, 5.74) is 1.72. The SMILES string of the molecule is CCCCCCn1c(O)c(N=NC(=O)c2ccc3ccccc3c2)c2ccccc21. The maximum atomic E-state index is 12.6. The van der Waals surface area contributed by atoms with E-state index in [4.69, 9.17) is 0 Å². The second-order valence-corrected chi connectivity index (χ2v) is 7.47. The van der Waals surface area contributed by atoms with Gasteiger partial charge in [-0.2, -0.15) is 0 Å². The Labute approximate surface area is 175 Å². The number of aryl methyl sites for hydroxylation is 1.